The van der Waals surface area contributed by atoms with Crippen molar-refractivity contribution in [2.24, 2.45) is 5.73 Å². The lowest BCUT2D eigenvalue weighted by molar-refractivity contribution is -0.130. The van der Waals surface area contributed by atoms with Crippen LogP contribution in [0.1, 0.15) is 18.9 Å². The fraction of sp³-hybridized carbons (Fsp3) is 0.462. The van der Waals surface area contributed by atoms with Crippen molar-refractivity contribution in [1.29, 1.82) is 0 Å². The van der Waals surface area contributed by atoms with Gasteiger partial charge in [-0.25, -0.2) is 0 Å². The lowest BCUT2D eigenvalue weighted by Crippen LogP contribution is -2.46. The lowest BCUT2D eigenvalue weighted by atomic mass is 10.0. The van der Waals surface area contributed by atoms with E-state index < -0.39 is 18.1 Å². The molecule has 0 fully saturated rings. The SMILES string of the molecule is CCNC(=O)C(O)[C@@H](N)CCc1ccccc1. The first-order valence-electron chi connectivity index (χ1n) is 5.90. The summed E-state index contributed by atoms with van der Waals surface area (Å²) >= 11 is 0. The van der Waals surface area contributed by atoms with Crippen LogP contribution in [0, 0.1) is 0 Å². The van der Waals surface area contributed by atoms with Gasteiger partial charge in [-0.15, -0.1) is 0 Å². The Morgan fingerprint density at radius 2 is 2.06 bits per heavy atom. The van der Waals surface area contributed by atoms with Gasteiger partial charge in [0.2, 0.25) is 5.91 Å². The molecule has 0 aromatic heterocycles. The molecule has 4 nitrogen and oxygen atoms in total. The number of aliphatic hydroxyl groups excluding tert-OH is 1. The minimum Gasteiger partial charge on any atom is -0.382 e. The van der Waals surface area contributed by atoms with Crippen molar-refractivity contribution >= 4 is 5.91 Å². The van der Waals surface area contributed by atoms with Gasteiger partial charge < -0.3 is 16.2 Å². The summed E-state index contributed by atoms with van der Waals surface area (Å²) in [4.78, 5) is 11.4. The number of hydrogen-bond donors (Lipinski definition) is 3. The predicted octanol–water partition coefficient (Wildman–Crippen LogP) is 0.444. The van der Waals surface area contributed by atoms with Crippen molar-refractivity contribution in [3.8, 4) is 0 Å². The Balaban J connectivity index is 2.39. The third-order valence-electron chi connectivity index (χ3n) is 2.63. The van der Waals surface area contributed by atoms with Gasteiger partial charge in [0.25, 0.3) is 0 Å². The Morgan fingerprint density at radius 1 is 1.41 bits per heavy atom. The highest BCUT2D eigenvalue weighted by Crippen LogP contribution is 2.06. The molecule has 94 valence electrons. The van der Waals surface area contributed by atoms with Crippen molar-refractivity contribution in [3.63, 3.8) is 0 Å². The maximum atomic E-state index is 11.4. The average molecular weight is 236 g/mol. The molecule has 1 amide bonds. The summed E-state index contributed by atoms with van der Waals surface area (Å²) in [6, 6.07) is 9.35. The number of nitrogens with one attached hydrogen (secondary N) is 1. The third kappa shape index (κ3) is 4.54. The summed E-state index contributed by atoms with van der Waals surface area (Å²) in [5.74, 6) is -0.395. The van der Waals surface area contributed by atoms with Gasteiger partial charge in [-0.2, -0.15) is 0 Å². The second-order valence-corrected chi connectivity index (χ2v) is 4.03. The van der Waals surface area contributed by atoms with E-state index in [0.29, 0.717) is 13.0 Å². The minimum atomic E-state index is -1.13. The van der Waals surface area contributed by atoms with E-state index in [4.69, 9.17) is 5.73 Å². The molecule has 1 aromatic rings. The molecule has 0 saturated heterocycles. The second kappa shape index (κ2) is 7.04. The zero-order chi connectivity index (χ0) is 12.7. The van der Waals surface area contributed by atoms with E-state index in [1.165, 1.54) is 0 Å². The minimum absolute atomic E-state index is 0.395. The lowest BCUT2D eigenvalue weighted by Gasteiger charge is -2.17. The highest BCUT2D eigenvalue weighted by molar-refractivity contribution is 5.81. The molecule has 4 heteroatoms. The Hall–Kier alpha value is -1.39. The fourth-order valence-electron chi connectivity index (χ4n) is 1.61. The van der Waals surface area contributed by atoms with E-state index in [2.05, 4.69) is 5.32 Å². The largest absolute Gasteiger partial charge is 0.382 e. The predicted molar refractivity (Wildman–Crippen MR) is 67.4 cm³/mol. The van der Waals surface area contributed by atoms with Gasteiger partial charge in [0.05, 0.1) is 0 Å². The molecular formula is C13H20N2O2. The van der Waals surface area contributed by atoms with Crippen molar-refractivity contribution in [2.45, 2.75) is 31.9 Å². The highest BCUT2D eigenvalue weighted by Gasteiger charge is 2.21. The van der Waals surface area contributed by atoms with Crippen molar-refractivity contribution in [3.05, 3.63) is 35.9 Å². The number of nitrogens with two attached hydrogens (primary N) is 1. The third-order valence-corrected chi connectivity index (χ3v) is 2.63. The topological polar surface area (TPSA) is 75.3 Å². The maximum Gasteiger partial charge on any atom is 0.250 e. The summed E-state index contributed by atoms with van der Waals surface area (Å²) in [5.41, 5.74) is 6.94. The maximum absolute atomic E-state index is 11.4. The number of aliphatic hydroxyl groups is 1. The highest BCUT2D eigenvalue weighted by atomic mass is 16.3. The number of hydrogen-bond acceptors (Lipinski definition) is 3. The van der Waals surface area contributed by atoms with E-state index in [1.807, 2.05) is 30.3 Å². The molecule has 0 bridgehead atoms. The molecule has 0 aliphatic carbocycles. The van der Waals surface area contributed by atoms with Crippen LogP contribution in [0.25, 0.3) is 0 Å². The van der Waals surface area contributed by atoms with Gasteiger partial charge in [-0.05, 0) is 25.3 Å². The summed E-state index contributed by atoms with van der Waals surface area (Å²) < 4.78 is 0. The van der Waals surface area contributed by atoms with Crippen molar-refractivity contribution in [2.75, 3.05) is 6.54 Å². The van der Waals surface area contributed by atoms with Crippen molar-refractivity contribution < 1.29 is 9.90 Å². The van der Waals surface area contributed by atoms with Gasteiger partial charge in [0.15, 0.2) is 0 Å². The molecule has 17 heavy (non-hydrogen) atoms. The van der Waals surface area contributed by atoms with Crippen LogP contribution in [-0.2, 0) is 11.2 Å². The Bertz CT molecular complexity index is 341. The number of amides is 1. The van der Waals surface area contributed by atoms with Crippen LogP contribution in [-0.4, -0.2) is 29.7 Å². The fourth-order valence-corrected chi connectivity index (χ4v) is 1.61. The first kappa shape index (κ1) is 13.7. The van der Waals surface area contributed by atoms with E-state index >= 15 is 0 Å². The van der Waals surface area contributed by atoms with Crippen LogP contribution < -0.4 is 11.1 Å². The Kier molecular flexibility index (Phi) is 5.66. The van der Waals surface area contributed by atoms with Gasteiger partial charge in [-0.1, -0.05) is 30.3 Å². The Morgan fingerprint density at radius 3 is 2.65 bits per heavy atom. The number of aryl methyl sites for hydroxylation is 1. The molecule has 0 spiro atoms. The van der Waals surface area contributed by atoms with Crippen LogP contribution in [0.15, 0.2) is 30.3 Å². The smallest absolute Gasteiger partial charge is 0.250 e. The van der Waals surface area contributed by atoms with Crippen LogP contribution in [0.3, 0.4) is 0 Å². The number of rotatable bonds is 6. The van der Waals surface area contributed by atoms with E-state index in [0.717, 1.165) is 12.0 Å². The van der Waals surface area contributed by atoms with E-state index in [9.17, 15) is 9.90 Å². The Labute approximate surface area is 102 Å². The number of carbonyl (C=O) groups is 1. The average Bonchev–Trinajstić information content (AvgIpc) is 2.36. The summed E-state index contributed by atoms with van der Waals surface area (Å²) in [6.07, 6.45) is 0.222. The summed E-state index contributed by atoms with van der Waals surface area (Å²) in [6.45, 7) is 2.31. The molecule has 2 atom stereocenters. The summed E-state index contributed by atoms with van der Waals surface area (Å²) in [7, 11) is 0. The van der Waals surface area contributed by atoms with Crippen molar-refractivity contribution in [1.82, 2.24) is 5.32 Å². The zero-order valence-corrected chi connectivity index (χ0v) is 10.1. The molecule has 4 N–H and O–H groups in total. The van der Waals surface area contributed by atoms with Crippen LogP contribution in [0.2, 0.25) is 0 Å². The van der Waals surface area contributed by atoms with Crippen LogP contribution in [0.5, 0.6) is 0 Å². The first-order chi connectivity index (χ1) is 8.15. The van der Waals surface area contributed by atoms with E-state index in [-0.39, 0.29) is 0 Å². The number of benzene rings is 1. The molecule has 0 radical (unpaired) electrons. The van der Waals surface area contributed by atoms with E-state index in [1.54, 1.807) is 6.92 Å². The quantitative estimate of drug-likeness (QED) is 0.671. The molecule has 1 rings (SSSR count). The first-order valence-corrected chi connectivity index (χ1v) is 5.90. The molecular weight excluding hydrogens is 216 g/mol. The van der Waals surface area contributed by atoms with Crippen LogP contribution >= 0.6 is 0 Å². The zero-order valence-electron chi connectivity index (χ0n) is 10.1. The number of carbonyl (C=O) groups excluding carboxylic acids is 1. The van der Waals surface area contributed by atoms with Gasteiger partial charge in [0, 0.05) is 12.6 Å². The molecule has 1 aromatic carbocycles. The standard InChI is InChI=1S/C13H20N2O2/c1-2-15-13(17)12(16)11(14)9-8-10-6-4-3-5-7-10/h3-7,11-12,16H,2,8-9,14H2,1H3,(H,15,17)/t11-,12?/m0/s1. The van der Waals surface area contributed by atoms with Crippen LogP contribution in [0.4, 0.5) is 0 Å². The van der Waals surface area contributed by atoms with Gasteiger partial charge in [0.1, 0.15) is 6.10 Å². The molecule has 0 saturated carbocycles. The molecule has 0 aliphatic rings. The molecule has 0 aliphatic heterocycles. The van der Waals surface area contributed by atoms with Gasteiger partial charge >= 0.3 is 0 Å². The van der Waals surface area contributed by atoms with Gasteiger partial charge in [-0.3, -0.25) is 4.79 Å². The second-order valence-electron chi connectivity index (χ2n) is 4.03. The molecule has 0 heterocycles. The molecule has 1 unspecified atom stereocenters. The number of likely N-dealkylation sites (N-methyl/N-ethyl adjacent to an activating group) is 1. The monoisotopic (exact) mass is 236 g/mol. The summed E-state index contributed by atoms with van der Waals surface area (Å²) in [5, 5.41) is 12.2. The normalized spacial score (nSPS) is 14.1.